The Balaban J connectivity index is 1.87. The summed E-state index contributed by atoms with van der Waals surface area (Å²) in [7, 11) is 0. The molecule has 2 aliphatic heterocycles. The number of amides is 2. The third kappa shape index (κ3) is 3.45. The van der Waals surface area contributed by atoms with Crippen molar-refractivity contribution >= 4 is 11.8 Å². The van der Waals surface area contributed by atoms with Crippen LogP contribution in [0.5, 0.6) is 0 Å². The normalized spacial score (nSPS) is 26.1. The van der Waals surface area contributed by atoms with Gasteiger partial charge in [0.2, 0.25) is 11.8 Å². The first kappa shape index (κ1) is 13.3. The van der Waals surface area contributed by atoms with Crippen molar-refractivity contribution in [1.29, 1.82) is 0 Å². The molecule has 18 heavy (non-hydrogen) atoms. The Morgan fingerprint density at radius 1 is 1.33 bits per heavy atom. The second-order valence-electron chi connectivity index (χ2n) is 5.32. The smallest absolute Gasteiger partial charge is 0.242 e. The molecule has 0 aliphatic carbocycles. The number of hydrogen-bond acceptors (Lipinski definition) is 3. The number of likely N-dealkylation sites (tertiary alicyclic amines) is 1. The third-order valence-electron chi connectivity index (χ3n) is 3.72. The van der Waals surface area contributed by atoms with E-state index in [0.717, 1.165) is 45.4 Å². The minimum Gasteiger partial charge on any atom is -0.338 e. The summed E-state index contributed by atoms with van der Waals surface area (Å²) in [5, 5.41) is 3.31. The molecule has 2 rings (SSSR count). The molecule has 1 unspecified atom stereocenters. The number of rotatable bonds is 2. The SMILES string of the molecule is CC1CN(C(=O)CN2CCCCCC2=O)CCN1. The summed E-state index contributed by atoms with van der Waals surface area (Å²) >= 11 is 0. The number of piperazine rings is 1. The molecule has 2 aliphatic rings. The van der Waals surface area contributed by atoms with E-state index >= 15 is 0 Å². The predicted molar refractivity (Wildman–Crippen MR) is 69.1 cm³/mol. The summed E-state index contributed by atoms with van der Waals surface area (Å²) in [6, 6.07) is 0.350. The van der Waals surface area contributed by atoms with Crippen LogP contribution in [0.2, 0.25) is 0 Å². The summed E-state index contributed by atoms with van der Waals surface area (Å²) in [6.45, 7) is 5.45. The van der Waals surface area contributed by atoms with Crippen LogP contribution in [0.3, 0.4) is 0 Å². The molecule has 2 amide bonds. The Morgan fingerprint density at radius 2 is 2.17 bits per heavy atom. The molecular formula is C13H23N3O2. The highest BCUT2D eigenvalue weighted by Crippen LogP contribution is 2.11. The number of carbonyl (C=O) groups excluding carboxylic acids is 2. The summed E-state index contributed by atoms with van der Waals surface area (Å²) in [5.74, 6) is 0.239. The fourth-order valence-corrected chi connectivity index (χ4v) is 2.63. The Morgan fingerprint density at radius 3 is 2.94 bits per heavy atom. The predicted octanol–water partition coefficient (Wildman–Crippen LogP) is 0.209. The van der Waals surface area contributed by atoms with Crippen LogP contribution in [0.4, 0.5) is 0 Å². The molecule has 1 N–H and O–H groups in total. The van der Waals surface area contributed by atoms with Gasteiger partial charge in [-0.25, -0.2) is 0 Å². The molecule has 5 nitrogen and oxygen atoms in total. The van der Waals surface area contributed by atoms with E-state index in [2.05, 4.69) is 12.2 Å². The highest BCUT2D eigenvalue weighted by molar-refractivity contribution is 5.85. The van der Waals surface area contributed by atoms with E-state index in [0.29, 0.717) is 12.5 Å². The van der Waals surface area contributed by atoms with Gasteiger partial charge in [0.25, 0.3) is 0 Å². The van der Waals surface area contributed by atoms with Gasteiger partial charge in [0.1, 0.15) is 0 Å². The van der Waals surface area contributed by atoms with Crippen LogP contribution < -0.4 is 5.32 Å². The number of carbonyl (C=O) groups is 2. The summed E-state index contributed by atoms with van der Waals surface area (Å²) in [4.78, 5) is 27.6. The molecule has 0 saturated carbocycles. The number of nitrogens with one attached hydrogen (secondary N) is 1. The lowest BCUT2D eigenvalue weighted by Gasteiger charge is -2.33. The number of hydrogen-bond donors (Lipinski definition) is 1. The molecule has 1 atom stereocenters. The average Bonchev–Trinajstić information content (AvgIpc) is 2.55. The minimum absolute atomic E-state index is 0.0959. The van der Waals surface area contributed by atoms with Crippen LogP contribution in [0.15, 0.2) is 0 Å². The van der Waals surface area contributed by atoms with Crippen LogP contribution in [0.1, 0.15) is 32.6 Å². The van der Waals surface area contributed by atoms with Crippen molar-refractivity contribution in [3.8, 4) is 0 Å². The van der Waals surface area contributed by atoms with Crippen LogP contribution in [0, 0.1) is 0 Å². The Kier molecular flexibility index (Phi) is 4.58. The van der Waals surface area contributed by atoms with Gasteiger partial charge in [-0.3, -0.25) is 9.59 Å². The summed E-state index contributed by atoms with van der Waals surface area (Å²) in [6.07, 6.45) is 3.69. The van der Waals surface area contributed by atoms with E-state index in [1.807, 2.05) is 4.90 Å². The van der Waals surface area contributed by atoms with Crippen LogP contribution >= 0.6 is 0 Å². The zero-order valence-electron chi connectivity index (χ0n) is 11.2. The van der Waals surface area contributed by atoms with Crippen molar-refractivity contribution in [1.82, 2.24) is 15.1 Å². The van der Waals surface area contributed by atoms with Gasteiger partial charge in [-0.1, -0.05) is 6.42 Å². The maximum atomic E-state index is 12.2. The molecule has 2 saturated heterocycles. The monoisotopic (exact) mass is 253 g/mol. The Bertz CT molecular complexity index is 319. The fourth-order valence-electron chi connectivity index (χ4n) is 2.63. The van der Waals surface area contributed by atoms with E-state index in [9.17, 15) is 9.59 Å². The van der Waals surface area contributed by atoms with Gasteiger partial charge in [-0.05, 0) is 19.8 Å². The van der Waals surface area contributed by atoms with Gasteiger partial charge < -0.3 is 15.1 Å². The van der Waals surface area contributed by atoms with Gasteiger partial charge in [-0.15, -0.1) is 0 Å². The molecule has 0 aromatic carbocycles. The standard InChI is InChI=1S/C13H23N3O2/c1-11-9-16(8-6-14-11)13(18)10-15-7-4-2-3-5-12(15)17/h11,14H,2-10H2,1H3. The Hall–Kier alpha value is -1.10. The Labute approximate surface area is 108 Å². The average molecular weight is 253 g/mol. The largest absolute Gasteiger partial charge is 0.338 e. The highest BCUT2D eigenvalue weighted by atomic mass is 16.2. The molecule has 2 heterocycles. The van der Waals surface area contributed by atoms with Crippen molar-refractivity contribution < 1.29 is 9.59 Å². The maximum absolute atomic E-state index is 12.2. The van der Waals surface area contributed by atoms with Crippen LogP contribution in [-0.4, -0.2) is 60.4 Å². The van der Waals surface area contributed by atoms with E-state index in [1.54, 1.807) is 4.90 Å². The summed E-state index contributed by atoms with van der Waals surface area (Å²) < 4.78 is 0. The van der Waals surface area contributed by atoms with Gasteiger partial charge in [-0.2, -0.15) is 0 Å². The molecular weight excluding hydrogens is 230 g/mol. The van der Waals surface area contributed by atoms with Gasteiger partial charge in [0, 0.05) is 38.6 Å². The molecule has 5 heteroatoms. The molecule has 2 fully saturated rings. The van der Waals surface area contributed by atoms with Gasteiger partial charge in [0.05, 0.1) is 6.54 Å². The second-order valence-corrected chi connectivity index (χ2v) is 5.32. The van der Waals surface area contributed by atoms with Gasteiger partial charge in [0.15, 0.2) is 0 Å². The first-order valence-electron chi connectivity index (χ1n) is 6.96. The van der Waals surface area contributed by atoms with Crippen LogP contribution in [0.25, 0.3) is 0 Å². The zero-order chi connectivity index (χ0) is 13.0. The van der Waals surface area contributed by atoms with Crippen molar-refractivity contribution in [3.63, 3.8) is 0 Å². The lowest BCUT2D eigenvalue weighted by Crippen LogP contribution is -2.53. The van der Waals surface area contributed by atoms with Crippen molar-refractivity contribution in [2.45, 2.75) is 38.6 Å². The first-order chi connectivity index (χ1) is 8.66. The lowest BCUT2D eigenvalue weighted by molar-refractivity contribution is -0.140. The second kappa shape index (κ2) is 6.18. The lowest BCUT2D eigenvalue weighted by atomic mass is 10.2. The maximum Gasteiger partial charge on any atom is 0.242 e. The topological polar surface area (TPSA) is 52.7 Å². The molecule has 0 aromatic heterocycles. The molecule has 0 aromatic rings. The fraction of sp³-hybridized carbons (Fsp3) is 0.846. The quantitative estimate of drug-likeness (QED) is 0.765. The zero-order valence-corrected chi connectivity index (χ0v) is 11.2. The van der Waals surface area contributed by atoms with Crippen molar-refractivity contribution in [2.24, 2.45) is 0 Å². The third-order valence-corrected chi connectivity index (χ3v) is 3.72. The van der Waals surface area contributed by atoms with Crippen LogP contribution in [-0.2, 0) is 9.59 Å². The van der Waals surface area contributed by atoms with E-state index < -0.39 is 0 Å². The highest BCUT2D eigenvalue weighted by Gasteiger charge is 2.24. The van der Waals surface area contributed by atoms with E-state index in [1.165, 1.54) is 0 Å². The van der Waals surface area contributed by atoms with E-state index in [-0.39, 0.29) is 18.4 Å². The van der Waals surface area contributed by atoms with Crippen molar-refractivity contribution in [3.05, 3.63) is 0 Å². The van der Waals surface area contributed by atoms with E-state index in [4.69, 9.17) is 0 Å². The molecule has 0 spiro atoms. The van der Waals surface area contributed by atoms with Crippen molar-refractivity contribution in [2.75, 3.05) is 32.7 Å². The first-order valence-corrected chi connectivity index (χ1v) is 6.96. The molecule has 0 radical (unpaired) electrons. The van der Waals surface area contributed by atoms with Gasteiger partial charge >= 0.3 is 0 Å². The minimum atomic E-state index is 0.0959. The molecule has 0 bridgehead atoms. The molecule has 102 valence electrons. The summed E-state index contributed by atoms with van der Waals surface area (Å²) in [5.41, 5.74) is 0. The number of nitrogens with zero attached hydrogens (tertiary/aromatic N) is 2.